The van der Waals surface area contributed by atoms with Crippen LogP contribution in [-0.2, 0) is 16.2 Å². The van der Waals surface area contributed by atoms with Crippen LogP contribution in [0.3, 0.4) is 0 Å². The standard InChI is InChI=1S/C14H11F3N4O2S2/c1-9-8-24-13(19-9)21-12(6-7-18-21)20-25(22,23)11-4-2-10(3-5-11)14(15,16)17/h2-8,20H,1H3. The lowest BCUT2D eigenvalue weighted by Gasteiger charge is -2.10. The van der Waals surface area contributed by atoms with Crippen molar-refractivity contribution in [3.63, 3.8) is 0 Å². The number of nitrogens with one attached hydrogen (secondary N) is 1. The van der Waals surface area contributed by atoms with Crippen LogP contribution in [0.2, 0.25) is 0 Å². The van der Waals surface area contributed by atoms with E-state index in [9.17, 15) is 21.6 Å². The third kappa shape index (κ3) is 3.66. The molecule has 0 atom stereocenters. The van der Waals surface area contributed by atoms with E-state index in [0.29, 0.717) is 5.13 Å². The molecule has 1 N–H and O–H groups in total. The van der Waals surface area contributed by atoms with Gasteiger partial charge in [-0.15, -0.1) is 11.3 Å². The van der Waals surface area contributed by atoms with E-state index in [-0.39, 0.29) is 10.7 Å². The van der Waals surface area contributed by atoms with Gasteiger partial charge in [-0.2, -0.15) is 23.0 Å². The van der Waals surface area contributed by atoms with Crippen LogP contribution in [0.25, 0.3) is 5.13 Å². The fourth-order valence-electron chi connectivity index (χ4n) is 1.99. The number of sulfonamides is 1. The molecule has 0 saturated carbocycles. The Balaban J connectivity index is 1.89. The first-order valence-corrected chi connectivity index (χ1v) is 9.20. The van der Waals surface area contributed by atoms with Crippen molar-refractivity contribution in [2.45, 2.75) is 18.0 Å². The average Bonchev–Trinajstić information content (AvgIpc) is 3.15. The molecule has 2 heterocycles. The number of nitrogens with zero attached hydrogens (tertiary/aromatic N) is 3. The Morgan fingerprint density at radius 3 is 2.40 bits per heavy atom. The topological polar surface area (TPSA) is 76.9 Å². The molecule has 25 heavy (non-hydrogen) atoms. The predicted octanol–water partition coefficient (Wildman–Crippen LogP) is 3.46. The Morgan fingerprint density at radius 2 is 1.84 bits per heavy atom. The minimum absolute atomic E-state index is 0.134. The smallest absolute Gasteiger partial charge is 0.263 e. The summed E-state index contributed by atoms with van der Waals surface area (Å²) in [6.45, 7) is 1.79. The number of aryl methyl sites for hydroxylation is 1. The summed E-state index contributed by atoms with van der Waals surface area (Å²) in [6.07, 6.45) is -3.14. The molecule has 3 aromatic rings. The molecule has 0 spiro atoms. The number of thiazole rings is 1. The van der Waals surface area contributed by atoms with Crippen LogP contribution < -0.4 is 4.72 Å². The second-order valence-electron chi connectivity index (χ2n) is 5.03. The molecule has 0 amide bonds. The summed E-state index contributed by atoms with van der Waals surface area (Å²) in [5, 5.41) is 6.26. The van der Waals surface area contributed by atoms with Crippen molar-refractivity contribution in [2.24, 2.45) is 0 Å². The highest BCUT2D eigenvalue weighted by molar-refractivity contribution is 7.92. The van der Waals surface area contributed by atoms with Crippen LogP contribution in [0.5, 0.6) is 0 Å². The maximum Gasteiger partial charge on any atom is 0.416 e. The molecule has 2 aromatic heterocycles. The Bertz CT molecular complexity index is 992. The van der Waals surface area contributed by atoms with Crippen molar-refractivity contribution >= 4 is 27.2 Å². The minimum Gasteiger partial charge on any atom is -0.263 e. The molecule has 0 aliphatic rings. The molecule has 3 rings (SSSR count). The first-order valence-electron chi connectivity index (χ1n) is 6.83. The molecule has 6 nitrogen and oxygen atoms in total. The van der Waals surface area contributed by atoms with E-state index in [2.05, 4.69) is 14.8 Å². The van der Waals surface area contributed by atoms with Gasteiger partial charge in [0.05, 0.1) is 22.3 Å². The van der Waals surface area contributed by atoms with Gasteiger partial charge in [-0.1, -0.05) is 0 Å². The zero-order valence-corrected chi connectivity index (χ0v) is 14.3. The van der Waals surface area contributed by atoms with Crippen LogP contribution in [0.4, 0.5) is 19.0 Å². The predicted molar refractivity (Wildman–Crippen MR) is 86.2 cm³/mol. The van der Waals surface area contributed by atoms with Gasteiger partial charge in [0.2, 0.25) is 5.13 Å². The maximum absolute atomic E-state index is 12.6. The third-order valence-corrected chi connectivity index (χ3v) is 5.47. The number of rotatable bonds is 4. The maximum atomic E-state index is 12.6. The van der Waals surface area contributed by atoms with Gasteiger partial charge in [0.25, 0.3) is 10.0 Å². The number of hydrogen-bond donors (Lipinski definition) is 1. The highest BCUT2D eigenvalue weighted by Crippen LogP contribution is 2.30. The van der Waals surface area contributed by atoms with Gasteiger partial charge in [-0.05, 0) is 31.2 Å². The second-order valence-corrected chi connectivity index (χ2v) is 7.55. The summed E-state index contributed by atoms with van der Waals surface area (Å²) in [4.78, 5) is 3.93. The summed E-state index contributed by atoms with van der Waals surface area (Å²) in [7, 11) is -4.07. The first-order chi connectivity index (χ1) is 11.7. The van der Waals surface area contributed by atoms with E-state index in [1.54, 1.807) is 12.3 Å². The lowest BCUT2D eigenvalue weighted by atomic mass is 10.2. The summed E-state index contributed by atoms with van der Waals surface area (Å²) in [5.41, 5.74) is -0.165. The van der Waals surface area contributed by atoms with Crippen LogP contribution >= 0.6 is 11.3 Å². The van der Waals surface area contributed by atoms with Crippen molar-refractivity contribution < 1.29 is 21.6 Å². The number of hydrogen-bond acceptors (Lipinski definition) is 5. The Morgan fingerprint density at radius 1 is 1.16 bits per heavy atom. The quantitative estimate of drug-likeness (QED) is 0.743. The van der Waals surface area contributed by atoms with E-state index < -0.39 is 21.8 Å². The van der Waals surface area contributed by atoms with Crippen LogP contribution in [0, 0.1) is 6.92 Å². The third-order valence-electron chi connectivity index (χ3n) is 3.16. The molecule has 0 saturated heterocycles. The molecule has 0 aliphatic carbocycles. The van der Waals surface area contributed by atoms with Crippen LogP contribution in [0.1, 0.15) is 11.3 Å². The molecule has 0 bridgehead atoms. The van der Waals surface area contributed by atoms with Gasteiger partial charge in [-0.25, -0.2) is 13.4 Å². The Hall–Kier alpha value is -2.40. The van der Waals surface area contributed by atoms with E-state index in [1.807, 2.05) is 0 Å². The van der Waals surface area contributed by atoms with E-state index in [4.69, 9.17) is 0 Å². The second kappa shape index (κ2) is 6.15. The molecule has 132 valence electrons. The number of aromatic nitrogens is 3. The van der Waals surface area contributed by atoms with Gasteiger partial charge in [0.15, 0.2) is 0 Å². The van der Waals surface area contributed by atoms with Gasteiger partial charge in [0, 0.05) is 11.4 Å². The zero-order chi connectivity index (χ0) is 18.2. The molecular weight excluding hydrogens is 377 g/mol. The monoisotopic (exact) mass is 388 g/mol. The summed E-state index contributed by atoms with van der Waals surface area (Å²) in [5.74, 6) is 0.134. The molecular formula is C14H11F3N4O2S2. The molecule has 0 aliphatic heterocycles. The van der Waals surface area contributed by atoms with Crippen molar-refractivity contribution in [3.05, 3.63) is 53.2 Å². The van der Waals surface area contributed by atoms with Crippen LogP contribution in [0.15, 0.2) is 46.8 Å². The minimum atomic E-state index is -4.53. The lowest BCUT2D eigenvalue weighted by Crippen LogP contribution is -2.16. The first kappa shape index (κ1) is 17.4. The van der Waals surface area contributed by atoms with Crippen molar-refractivity contribution in [1.29, 1.82) is 0 Å². The van der Waals surface area contributed by atoms with Gasteiger partial charge < -0.3 is 0 Å². The van der Waals surface area contributed by atoms with Crippen molar-refractivity contribution in [3.8, 4) is 5.13 Å². The van der Waals surface area contributed by atoms with Gasteiger partial charge >= 0.3 is 6.18 Å². The number of benzene rings is 1. The Kier molecular flexibility index (Phi) is 4.29. The molecule has 11 heteroatoms. The molecule has 0 fully saturated rings. The SMILES string of the molecule is Cc1csc(-n2nccc2NS(=O)(=O)c2ccc(C(F)(F)F)cc2)n1. The summed E-state index contributed by atoms with van der Waals surface area (Å²) in [6, 6.07) is 4.67. The van der Waals surface area contributed by atoms with E-state index in [1.165, 1.54) is 28.3 Å². The fraction of sp³-hybridized carbons (Fsp3) is 0.143. The van der Waals surface area contributed by atoms with Crippen molar-refractivity contribution in [2.75, 3.05) is 4.72 Å². The fourth-order valence-corrected chi connectivity index (χ4v) is 3.80. The lowest BCUT2D eigenvalue weighted by molar-refractivity contribution is -0.137. The van der Waals surface area contributed by atoms with Crippen LogP contribution in [-0.4, -0.2) is 23.2 Å². The Labute approximate surface area is 145 Å². The van der Waals surface area contributed by atoms with Crippen molar-refractivity contribution in [1.82, 2.24) is 14.8 Å². The van der Waals surface area contributed by atoms with Gasteiger partial charge in [0.1, 0.15) is 5.82 Å². The highest BCUT2D eigenvalue weighted by atomic mass is 32.2. The average molecular weight is 388 g/mol. The normalized spacial score (nSPS) is 12.3. The van der Waals surface area contributed by atoms with Gasteiger partial charge in [-0.3, -0.25) is 4.72 Å². The number of halogens is 3. The summed E-state index contributed by atoms with van der Waals surface area (Å²) < 4.78 is 66.2. The largest absolute Gasteiger partial charge is 0.416 e. The molecule has 1 aromatic carbocycles. The zero-order valence-electron chi connectivity index (χ0n) is 12.6. The molecule has 0 radical (unpaired) electrons. The van der Waals surface area contributed by atoms with E-state index in [0.717, 1.165) is 30.0 Å². The molecule has 0 unspecified atom stereocenters. The van der Waals surface area contributed by atoms with E-state index >= 15 is 0 Å². The number of alkyl halides is 3. The number of anilines is 1. The summed E-state index contributed by atoms with van der Waals surface area (Å²) >= 11 is 1.28. The highest BCUT2D eigenvalue weighted by Gasteiger charge is 2.30.